The van der Waals surface area contributed by atoms with Crippen LogP contribution in [0.4, 0.5) is 10.1 Å². The Balaban J connectivity index is 1.36. The standard InChI is InChI=1S/C29H26ClFN4O2S/c1-15-14-32-23(17-5-4-6-22(26(17)31)33-28(37)29(3)8-9-29)13-24(15)35-16(2)11-20(25(30)27(35)36)18-12-19(18)21-7-10-38-34-21/h4-7,10-11,13-14,18-19H,8-9,12H2,1-3H3,(H,33,37)/t18-,19-/m0/s1. The van der Waals surface area contributed by atoms with E-state index in [-0.39, 0.29) is 39.6 Å². The van der Waals surface area contributed by atoms with Gasteiger partial charge in [0.25, 0.3) is 5.56 Å². The van der Waals surface area contributed by atoms with Gasteiger partial charge < -0.3 is 5.32 Å². The van der Waals surface area contributed by atoms with Crippen LogP contribution in [0, 0.1) is 25.1 Å². The molecule has 9 heteroatoms. The molecule has 0 radical (unpaired) electrons. The number of amides is 1. The number of anilines is 1. The molecule has 1 N–H and O–H groups in total. The largest absolute Gasteiger partial charge is 0.323 e. The molecule has 194 valence electrons. The van der Waals surface area contributed by atoms with Crippen LogP contribution in [0.3, 0.4) is 0 Å². The summed E-state index contributed by atoms with van der Waals surface area (Å²) in [5.74, 6) is -0.298. The van der Waals surface area contributed by atoms with Gasteiger partial charge in [0, 0.05) is 34.2 Å². The van der Waals surface area contributed by atoms with Gasteiger partial charge in [-0.1, -0.05) is 24.6 Å². The summed E-state index contributed by atoms with van der Waals surface area (Å²) in [5.41, 5.74) is 3.91. The Bertz CT molecular complexity index is 1650. The number of aryl methyl sites for hydroxylation is 2. The fourth-order valence-corrected chi connectivity index (χ4v) is 5.86. The summed E-state index contributed by atoms with van der Waals surface area (Å²) in [6, 6.07) is 10.5. The molecular weight excluding hydrogens is 523 g/mol. The molecule has 0 spiro atoms. The van der Waals surface area contributed by atoms with Gasteiger partial charge >= 0.3 is 0 Å². The second-order valence-corrected chi connectivity index (χ2v) is 11.7. The number of nitrogens with zero attached hydrogens (tertiary/aromatic N) is 3. The van der Waals surface area contributed by atoms with Crippen LogP contribution in [-0.2, 0) is 4.79 Å². The second kappa shape index (κ2) is 9.13. The minimum absolute atomic E-state index is 0.115. The van der Waals surface area contributed by atoms with Gasteiger partial charge in [0.15, 0.2) is 5.82 Å². The lowest BCUT2D eigenvalue weighted by Gasteiger charge is -2.17. The molecule has 0 bridgehead atoms. The summed E-state index contributed by atoms with van der Waals surface area (Å²) in [7, 11) is 0. The zero-order valence-corrected chi connectivity index (χ0v) is 22.8. The number of halogens is 2. The van der Waals surface area contributed by atoms with Crippen molar-refractivity contribution in [1.82, 2.24) is 13.9 Å². The van der Waals surface area contributed by atoms with Crippen molar-refractivity contribution in [3.63, 3.8) is 0 Å². The first-order valence-corrected chi connectivity index (χ1v) is 13.8. The highest BCUT2D eigenvalue weighted by molar-refractivity contribution is 7.03. The molecule has 1 aromatic carbocycles. The summed E-state index contributed by atoms with van der Waals surface area (Å²) in [5, 5.41) is 4.88. The van der Waals surface area contributed by atoms with Crippen molar-refractivity contribution in [1.29, 1.82) is 0 Å². The molecule has 3 heterocycles. The van der Waals surface area contributed by atoms with E-state index in [1.807, 2.05) is 38.3 Å². The summed E-state index contributed by atoms with van der Waals surface area (Å²) in [6.45, 7) is 5.59. The van der Waals surface area contributed by atoms with Crippen LogP contribution in [0.1, 0.15) is 60.5 Å². The zero-order valence-electron chi connectivity index (χ0n) is 21.2. The van der Waals surface area contributed by atoms with E-state index < -0.39 is 11.2 Å². The van der Waals surface area contributed by atoms with E-state index in [1.165, 1.54) is 11.5 Å². The van der Waals surface area contributed by atoms with Crippen molar-refractivity contribution in [2.75, 3.05) is 5.32 Å². The Morgan fingerprint density at radius 2 is 2.00 bits per heavy atom. The van der Waals surface area contributed by atoms with E-state index in [1.54, 1.807) is 35.0 Å². The molecule has 0 unspecified atom stereocenters. The van der Waals surface area contributed by atoms with Gasteiger partial charge in [-0.05, 0) is 92.0 Å². The highest BCUT2D eigenvalue weighted by atomic mass is 35.5. The monoisotopic (exact) mass is 548 g/mol. The quantitative estimate of drug-likeness (QED) is 0.288. The molecule has 2 atom stereocenters. The zero-order chi connectivity index (χ0) is 26.8. The highest BCUT2D eigenvalue weighted by Crippen LogP contribution is 2.55. The van der Waals surface area contributed by atoms with Gasteiger partial charge in [0.2, 0.25) is 5.91 Å². The van der Waals surface area contributed by atoms with Crippen molar-refractivity contribution in [2.24, 2.45) is 5.41 Å². The minimum atomic E-state index is -0.563. The third kappa shape index (κ3) is 4.25. The van der Waals surface area contributed by atoms with Crippen molar-refractivity contribution in [3.8, 4) is 16.9 Å². The van der Waals surface area contributed by atoms with Crippen molar-refractivity contribution >= 4 is 34.7 Å². The number of rotatable bonds is 6. The van der Waals surface area contributed by atoms with Crippen LogP contribution in [-0.4, -0.2) is 19.8 Å². The lowest BCUT2D eigenvalue weighted by molar-refractivity contribution is -0.120. The molecular formula is C29H26ClFN4O2S. The predicted octanol–water partition coefficient (Wildman–Crippen LogP) is 6.78. The van der Waals surface area contributed by atoms with Crippen LogP contribution in [0.25, 0.3) is 16.9 Å². The first-order chi connectivity index (χ1) is 18.2. The summed E-state index contributed by atoms with van der Waals surface area (Å²) < 4.78 is 21.5. The van der Waals surface area contributed by atoms with E-state index in [4.69, 9.17) is 11.6 Å². The number of aromatic nitrogens is 3. The van der Waals surface area contributed by atoms with Gasteiger partial charge in [-0.25, -0.2) is 4.39 Å². The third-order valence-corrected chi connectivity index (χ3v) is 8.73. The second-order valence-electron chi connectivity index (χ2n) is 10.6. The van der Waals surface area contributed by atoms with Gasteiger partial charge in [-0.3, -0.25) is 19.1 Å². The Labute approximate surface area is 228 Å². The average molecular weight is 549 g/mol. The molecule has 4 aromatic rings. The number of carbonyl (C=O) groups is 1. The Morgan fingerprint density at radius 1 is 1.21 bits per heavy atom. The third-order valence-electron chi connectivity index (χ3n) is 7.78. The lowest BCUT2D eigenvalue weighted by atomic mass is 10.1. The lowest BCUT2D eigenvalue weighted by Crippen LogP contribution is -2.23. The van der Waals surface area contributed by atoms with Crippen molar-refractivity contribution < 1.29 is 9.18 Å². The Hall–Kier alpha value is -3.36. The van der Waals surface area contributed by atoms with Crippen LogP contribution < -0.4 is 10.9 Å². The SMILES string of the molecule is Cc1cnc(-c2cccc(NC(=O)C3(C)CC3)c2F)cc1-n1c(C)cc([C@H]2C[C@@H]2c2ccsn2)c(Cl)c1=O. The van der Waals surface area contributed by atoms with E-state index in [0.29, 0.717) is 11.4 Å². The Kier molecular flexibility index (Phi) is 6.00. The van der Waals surface area contributed by atoms with E-state index >= 15 is 4.39 Å². The molecule has 0 saturated heterocycles. The molecule has 0 aliphatic heterocycles. The predicted molar refractivity (Wildman–Crippen MR) is 148 cm³/mol. The molecule has 3 aromatic heterocycles. The smallest absolute Gasteiger partial charge is 0.274 e. The molecule has 6 rings (SSSR count). The maximum absolute atomic E-state index is 15.5. The van der Waals surface area contributed by atoms with Crippen molar-refractivity contribution in [3.05, 3.63) is 91.7 Å². The Morgan fingerprint density at radius 3 is 2.71 bits per heavy atom. The first-order valence-electron chi connectivity index (χ1n) is 12.6. The van der Waals surface area contributed by atoms with Crippen LogP contribution in [0.5, 0.6) is 0 Å². The molecule has 2 fully saturated rings. The van der Waals surface area contributed by atoms with Gasteiger partial charge in [0.1, 0.15) is 5.02 Å². The number of hydrogen-bond acceptors (Lipinski definition) is 5. The molecule has 2 aliphatic rings. The number of carbonyl (C=O) groups excluding carboxylic acids is 1. The number of benzene rings is 1. The average Bonchev–Trinajstić information content (AvgIpc) is 3.80. The number of nitrogens with one attached hydrogen (secondary N) is 1. The molecule has 2 saturated carbocycles. The maximum atomic E-state index is 15.5. The van der Waals surface area contributed by atoms with Gasteiger partial charge in [0.05, 0.1) is 22.8 Å². The van der Waals surface area contributed by atoms with Gasteiger partial charge in [-0.2, -0.15) is 4.37 Å². The summed E-state index contributed by atoms with van der Waals surface area (Å²) in [6.07, 6.45) is 4.12. The minimum Gasteiger partial charge on any atom is -0.323 e. The van der Waals surface area contributed by atoms with Crippen LogP contribution in [0.15, 0.2) is 52.8 Å². The first kappa shape index (κ1) is 24.9. The number of hydrogen-bond donors (Lipinski definition) is 1. The summed E-state index contributed by atoms with van der Waals surface area (Å²) >= 11 is 8.08. The highest BCUT2D eigenvalue weighted by Gasteiger charge is 2.45. The van der Waals surface area contributed by atoms with E-state index in [9.17, 15) is 9.59 Å². The molecule has 2 aliphatic carbocycles. The fraction of sp³-hybridized carbons (Fsp3) is 0.310. The molecule has 1 amide bonds. The fourth-order valence-electron chi connectivity index (χ4n) is 5.00. The molecule has 38 heavy (non-hydrogen) atoms. The summed E-state index contributed by atoms with van der Waals surface area (Å²) in [4.78, 5) is 30.5. The van der Waals surface area contributed by atoms with Crippen molar-refractivity contribution in [2.45, 2.75) is 51.9 Å². The number of pyridine rings is 2. The van der Waals surface area contributed by atoms with Crippen LogP contribution >= 0.6 is 23.1 Å². The normalized spacial score (nSPS) is 19.3. The maximum Gasteiger partial charge on any atom is 0.274 e. The molecule has 6 nitrogen and oxygen atoms in total. The van der Waals surface area contributed by atoms with E-state index in [0.717, 1.165) is 41.8 Å². The van der Waals surface area contributed by atoms with E-state index in [2.05, 4.69) is 14.7 Å². The topological polar surface area (TPSA) is 76.9 Å². The van der Waals surface area contributed by atoms with Crippen LogP contribution in [0.2, 0.25) is 5.02 Å². The van der Waals surface area contributed by atoms with Gasteiger partial charge in [-0.15, -0.1) is 0 Å².